The number of nitrogens with one attached hydrogen (secondary N) is 1. The van der Waals surface area contributed by atoms with Gasteiger partial charge in [-0.2, -0.15) is 0 Å². The molecule has 0 saturated heterocycles. The van der Waals surface area contributed by atoms with Crippen LogP contribution < -0.4 is 5.32 Å². The second-order valence-corrected chi connectivity index (χ2v) is 7.80. The maximum Gasteiger partial charge on any atom is 0.282 e. The Morgan fingerprint density at radius 1 is 1.00 bits per heavy atom. The molecule has 9 nitrogen and oxygen atoms in total. The predicted molar refractivity (Wildman–Crippen MR) is 102 cm³/mol. The first kappa shape index (κ1) is 19.1. The summed E-state index contributed by atoms with van der Waals surface area (Å²) in [4.78, 5) is 22.8. The summed E-state index contributed by atoms with van der Waals surface area (Å²) in [6.45, 7) is 0. The van der Waals surface area contributed by atoms with Crippen LogP contribution in [0.5, 0.6) is 0 Å². The summed E-state index contributed by atoms with van der Waals surface area (Å²) >= 11 is 0. The molecule has 0 fully saturated rings. The number of hydrogen-bond donors (Lipinski definition) is 1. The Bertz CT molecular complexity index is 1140. The highest BCUT2D eigenvalue weighted by atomic mass is 32.2. The molecule has 0 aliphatic heterocycles. The number of anilines is 1. The fourth-order valence-electron chi connectivity index (χ4n) is 2.42. The van der Waals surface area contributed by atoms with Crippen LogP contribution in [0, 0.1) is 10.1 Å². The number of carbonyl (C=O) groups excluding carboxylic acids is 1. The number of benzene rings is 2. The predicted octanol–water partition coefficient (Wildman–Crippen LogP) is 2.71. The van der Waals surface area contributed by atoms with Crippen molar-refractivity contribution in [2.45, 2.75) is 5.03 Å². The third kappa shape index (κ3) is 4.18. The van der Waals surface area contributed by atoms with Gasteiger partial charge in [0.15, 0.2) is 14.9 Å². The van der Waals surface area contributed by atoms with Crippen molar-refractivity contribution < 1.29 is 18.1 Å². The number of rotatable bonds is 5. The van der Waals surface area contributed by atoms with Crippen LogP contribution in [0.25, 0.3) is 11.3 Å². The van der Waals surface area contributed by atoms with Gasteiger partial charge in [-0.25, -0.2) is 8.42 Å². The molecule has 142 valence electrons. The average Bonchev–Trinajstić information content (AvgIpc) is 2.68. The van der Waals surface area contributed by atoms with Gasteiger partial charge in [-0.3, -0.25) is 14.9 Å². The van der Waals surface area contributed by atoms with E-state index >= 15 is 0 Å². The summed E-state index contributed by atoms with van der Waals surface area (Å²) in [6, 6.07) is 15.1. The van der Waals surface area contributed by atoms with Gasteiger partial charge in [-0.05, 0) is 30.3 Å². The number of carbonyl (C=O) groups is 1. The van der Waals surface area contributed by atoms with E-state index in [1.54, 1.807) is 30.3 Å². The molecule has 0 spiro atoms. The van der Waals surface area contributed by atoms with Gasteiger partial charge < -0.3 is 5.32 Å². The fraction of sp³-hybridized carbons (Fsp3) is 0.0556. The van der Waals surface area contributed by atoms with E-state index in [0.717, 1.165) is 6.26 Å². The molecule has 2 aromatic carbocycles. The van der Waals surface area contributed by atoms with Crippen molar-refractivity contribution in [3.8, 4) is 11.3 Å². The van der Waals surface area contributed by atoms with E-state index < -0.39 is 20.7 Å². The van der Waals surface area contributed by atoms with E-state index in [-0.39, 0.29) is 16.3 Å². The number of para-hydroxylation sites is 1. The van der Waals surface area contributed by atoms with Crippen LogP contribution >= 0.6 is 0 Å². The van der Waals surface area contributed by atoms with Gasteiger partial charge in [-0.15, -0.1) is 10.2 Å². The van der Waals surface area contributed by atoms with E-state index in [0.29, 0.717) is 16.9 Å². The summed E-state index contributed by atoms with van der Waals surface area (Å²) in [5, 5.41) is 21.1. The van der Waals surface area contributed by atoms with E-state index in [1.807, 2.05) is 0 Å². The molecule has 0 radical (unpaired) electrons. The van der Waals surface area contributed by atoms with Gasteiger partial charge >= 0.3 is 0 Å². The maximum atomic E-state index is 12.3. The third-order valence-corrected chi connectivity index (χ3v) is 4.78. The second kappa shape index (κ2) is 7.53. The van der Waals surface area contributed by atoms with Crippen molar-refractivity contribution in [2.75, 3.05) is 11.6 Å². The van der Waals surface area contributed by atoms with Crippen molar-refractivity contribution in [1.82, 2.24) is 10.2 Å². The van der Waals surface area contributed by atoms with E-state index in [1.165, 1.54) is 30.3 Å². The zero-order chi connectivity index (χ0) is 20.3. The molecule has 1 heterocycles. The smallest absolute Gasteiger partial charge is 0.282 e. The number of nitro benzene ring substituents is 1. The SMILES string of the molecule is CS(=O)(=O)c1ccc(-c2ccc(NC(=O)c3ccccc3[N+](=O)[O-])cc2)nn1. The number of amides is 1. The minimum Gasteiger partial charge on any atom is -0.322 e. The lowest BCUT2D eigenvalue weighted by Gasteiger charge is -2.07. The van der Waals surface area contributed by atoms with Crippen LogP contribution in [0.3, 0.4) is 0 Å². The quantitative estimate of drug-likeness (QED) is 0.516. The largest absolute Gasteiger partial charge is 0.322 e. The van der Waals surface area contributed by atoms with Crippen LogP contribution in [-0.4, -0.2) is 35.7 Å². The fourth-order valence-corrected chi connectivity index (χ4v) is 2.92. The molecule has 1 N–H and O–H groups in total. The lowest BCUT2D eigenvalue weighted by Crippen LogP contribution is -2.13. The van der Waals surface area contributed by atoms with Crippen molar-refractivity contribution in [3.63, 3.8) is 0 Å². The zero-order valence-corrected chi connectivity index (χ0v) is 15.4. The Hall–Kier alpha value is -3.66. The lowest BCUT2D eigenvalue weighted by molar-refractivity contribution is -0.385. The Kier molecular flexibility index (Phi) is 5.14. The van der Waals surface area contributed by atoms with Crippen molar-refractivity contribution >= 4 is 27.1 Å². The molecule has 1 aromatic heterocycles. The summed E-state index contributed by atoms with van der Waals surface area (Å²) < 4.78 is 22.9. The number of aromatic nitrogens is 2. The topological polar surface area (TPSA) is 132 Å². The van der Waals surface area contributed by atoms with E-state index in [9.17, 15) is 23.3 Å². The first-order valence-electron chi connectivity index (χ1n) is 7.95. The molecule has 28 heavy (non-hydrogen) atoms. The van der Waals surface area contributed by atoms with Gasteiger partial charge in [0, 0.05) is 23.6 Å². The first-order valence-corrected chi connectivity index (χ1v) is 9.84. The van der Waals surface area contributed by atoms with E-state index in [2.05, 4.69) is 15.5 Å². The van der Waals surface area contributed by atoms with Crippen LogP contribution in [-0.2, 0) is 9.84 Å². The summed E-state index contributed by atoms with van der Waals surface area (Å²) in [6.07, 6.45) is 1.05. The molecule has 0 bridgehead atoms. The second-order valence-electron chi connectivity index (χ2n) is 5.83. The highest BCUT2D eigenvalue weighted by molar-refractivity contribution is 7.90. The molecular formula is C18H14N4O5S. The standard InChI is InChI=1S/C18H14N4O5S/c1-28(26,27)17-11-10-15(20-21-17)12-6-8-13(9-7-12)19-18(23)14-4-2-3-5-16(14)22(24)25/h2-11H,1H3,(H,19,23). The molecule has 3 aromatic rings. The van der Waals surface area contributed by atoms with Gasteiger partial charge in [0.05, 0.1) is 10.6 Å². The first-order chi connectivity index (χ1) is 13.3. The molecule has 0 aliphatic rings. The third-order valence-electron chi connectivity index (χ3n) is 3.80. The average molecular weight is 398 g/mol. The highest BCUT2D eigenvalue weighted by Gasteiger charge is 2.19. The Balaban J connectivity index is 1.78. The maximum absolute atomic E-state index is 12.3. The van der Waals surface area contributed by atoms with Crippen LogP contribution in [0.2, 0.25) is 0 Å². The van der Waals surface area contributed by atoms with E-state index in [4.69, 9.17) is 0 Å². The molecule has 1 amide bonds. The van der Waals surface area contributed by atoms with Gasteiger partial charge in [0.2, 0.25) is 0 Å². The minimum atomic E-state index is -3.43. The van der Waals surface area contributed by atoms with Gasteiger partial charge in [0.1, 0.15) is 5.56 Å². The molecule has 0 saturated carbocycles. The zero-order valence-electron chi connectivity index (χ0n) is 14.6. The van der Waals surface area contributed by atoms with Crippen molar-refractivity contribution in [3.05, 3.63) is 76.3 Å². The molecular weight excluding hydrogens is 384 g/mol. The Labute approximate surface area is 160 Å². The monoisotopic (exact) mass is 398 g/mol. The number of hydrogen-bond acceptors (Lipinski definition) is 7. The Morgan fingerprint density at radius 3 is 2.25 bits per heavy atom. The molecule has 0 atom stereocenters. The van der Waals surface area contributed by atoms with Gasteiger partial charge in [0.25, 0.3) is 11.6 Å². The van der Waals surface area contributed by atoms with Crippen molar-refractivity contribution in [2.24, 2.45) is 0 Å². The Morgan fingerprint density at radius 2 is 1.68 bits per heavy atom. The summed E-state index contributed by atoms with van der Waals surface area (Å²) in [5.74, 6) is -0.600. The molecule has 0 unspecified atom stereocenters. The normalized spacial score (nSPS) is 11.0. The molecule has 10 heteroatoms. The number of nitrogens with zero attached hydrogens (tertiary/aromatic N) is 3. The lowest BCUT2D eigenvalue weighted by atomic mass is 10.1. The molecule has 0 aliphatic carbocycles. The number of sulfone groups is 1. The summed E-state index contributed by atoms with van der Waals surface area (Å²) in [7, 11) is -3.43. The highest BCUT2D eigenvalue weighted by Crippen LogP contribution is 2.22. The van der Waals surface area contributed by atoms with Gasteiger partial charge in [-0.1, -0.05) is 24.3 Å². The summed E-state index contributed by atoms with van der Waals surface area (Å²) in [5.41, 5.74) is 1.24. The van der Waals surface area contributed by atoms with Crippen LogP contribution in [0.4, 0.5) is 11.4 Å². The van der Waals surface area contributed by atoms with Crippen molar-refractivity contribution in [1.29, 1.82) is 0 Å². The number of nitro groups is 1. The molecule has 3 rings (SSSR count). The minimum absolute atomic E-state index is 0.0428. The van der Waals surface area contributed by atoms with Crippen LogP contribution in [0.15, 0.2) is 65.7 Å². The van der Waals surface area contributed by atoms with Crippen LogP contribution in [0.1, 0.15) is 10.4 Å².